The fourth-order valence-electron chi connectivity index (χ4n) is 1.65. The smallest absolute Gasteiger partial charge is 0.239 e. The molecule has 0 aliphatic heterocycles. The maximum absolute atomic E-state index is 13.1. The van der Waals surface area contributed by atoms with Crippen molar-refractivity contribution in [1.82, 2.24) is 5.32 Å². The number of carbonyl (C=O) groups is 1. The van der Waals surface area contributed by atoms with Crippen LogP contribution in [0.3, 0.4) is 0 Å². The summed E-state index contributed by atoms with van der Waals surface area (Å²) >= 11 is 0. The highest BCUT2D eigenvalue weighted by Crippen LogP contribution is 2.20. The molecule has 0 aliphatic rings. The van der Waals surface area contributed by atoms with Gasteiger partial charge in [0.05, 0.1) is 12.6 Å². The maximum Gasteiger partial charge on any atom is 0.239 e. The number of benzene rings is 1. The Hall–Kier alpha value is -1.62. The average molecular weight is 268 g/mol. The van der Waals surface area contributed by atoms with Gasteiger partial charge in [-0.05, 0) is 50.5 Å². The van der Waals surface area contributed by atoms with Crippen LogP contribution in [0.5, 0.6) is 5.75 Å². The molecule has 1 rings (SSSR count). The molecule has 1 amide bonds. The Bertz CT molecular complexity index is 442. The van der Waals surface area contributed by atoms with Gasteiger partial charge in [0.15, 0.2) is 0 Å². The van der Waals surface area contributed by atoms with Crippen LogP contribution in [0.1, 0.15) is 25.8 Å². The summed E-state index contributed by atoms with van der Waals surface area (Å²) in [4.78, 5) is 11.5. The van der Waals surface area contributed by atoms with E-state index in [0.717, 1.165) is 5.56 Å². The van der Waals surface area contributed by atoms with Gasteiger partial charge in [-0.1, -0.05) is 0 Å². The first-order valence-electron chi connectivity index (χ1n) is 6.24. The third-order valence-electron chi connectivity index (χ3n) is 2.74. The van der Waals surface area contributed by atoms with Crippen molar-refractivity contribution in [3.8, 4) is 5.75 Å². The maximum atomic E-state index is 13.1. The molecule has 106 valence electrons. The standard InChI is InChI=1S/C14H21FN2O2/c1-14(2,16)13(18)17-8-4-5-10-9-11(15)6-7-12(10)19-3/h6-7,9H,4-5,8,16H2,1-3H3,(H,17,18). The number of amides is 1. The van der Waals surface area contributed by atoms with E-state index in [0.29, 0.717) is 25.1 Å². The number of halogens is 1. The summed E-state index contributed by atoms with van der Waals surface area (Å²) in [7, 11) is 1.55. The van der Waals surface area contributed by atoms with Crippen LogP contribution in [0, 0.1) is 5.82 Å². The van der Waals surface area contributed by atoms with Gasteiger partial charge in [0.25, 0.3) is 0 Å². The molecule has 0 unspecified atom stereocenters. The Morgan fingerprint density at radius 2 is 2.16 bits per heavy atom. The van der Waals surface area contributed by atoms with E-state index in [1.165, 1.54) is 12.1 Å². The van der Waals surface area contributed by atoms with Crippen molar-refractivity contribution in [2.45, 2.75) is 32.2 Å². The highest BCUT2D eigenvalue weighted by molar-refractivity contribution is 5.84. The second-order valence-corrected chi connectivity index (χ2v) is 5.04. The molecule has 0 saturated carbocycles. The van der Waals surface area contributed by atoms with Gasteiger partial charge in [0.2, 0.25) is 5.91 Å². The number of nitrogens with two attached hydrogens (primary N) is 1. The molecule has 1 aromatic carbocycles. The van der Waals surface area contributed by atoms with Gasteiger partial charge in [0, 0.05) is 6.54 Å². The minimum absolute atomic E-state index is 0.196. The van der Waals surface area contributed by atoms with Gasteiger partial charge in [-0.2, -0.15) is 0 Å². The summed E-state index contributed by atoms with van der Waals surface area (Å²) in [6.07, 6.45) is 1.33. The second kappa shape index (κ2) is 6.52. The molecule has 0 fully saturated rings. The van der Waals surface area contributed by atoms with Crippen molar-refractivity contribution < 1.29 is 13.9 Å². The number of ether oxygens (including phenoxy) is 1. The molecule has 0 aliphatic carbocycles. The molecule has 0 aromatic heterocycles. The van der Waals surface area contributed by atoms with E-state index in [1.54, 1.807) is 27.0 Å². The van der Waals surface area contributed by atoms with E-state index >= 15 is 0 Å². The number of carbonyl (C=O) groups excluding carboxylic acids is 1. The summed E-state index contributed by atoms with van der Waals surface area (Å²) in [5, 5.41) is 2.75. The van der Waals surface area contributed by atoms with E-state index in [9.17, 15) is 9.18 Å². The van der Waals surface area contributed by atoms with Crippen molar-refractivity contribution in [2.24, 2.45) is 5.73 Å². The second-order valence-electron chi connectivity index (χ2n) is 5.04. The van der Waals surface area contributed by atoms with Crippen molar-refractivity contribution in [2.75, 3.05) is 13.7 Å². The lowest BCUT2D eigenvalue weighted by atomic mass is 10.1. The molecule has 19 heavy (non-hydrogen) atoms. The van der Waals surface area contributed by atoms with Crippen LogP contribution >= 0.6 is 0 Å². The monoisotopic (exact) mass is 268 g/mol. The predicted octanol–water partition coefficient (Wildman–Crippen LogP) is 1.62. The van der Waals surface area contributed by atoms with E-state index < -0.39 is 5.54 Å². The zero-order valence-electron chi connectivity index (χ0n) is 11.6. The van der Waals surface area contributed by atoms with Gasteiger partial charge in [-0.25, -0.2) is 4.39 Å². The molecule has 4 nitrogen and oxygen atoms in total. The molecular weight excluding hydrogens is 247 g/mol. The predicted molar refractivity (Wildman–Crippen MR) is 72.5 cm³/mol. The minimum atomic E-state index is -0.878. The van der Waals surface area contributed by atoms with E-state index in [1.807, 2.05) is 0 Å². The molecule has 0 radical (unpaired) electrons. The average Bonchev–Trinajstić information content (AvgIpc) is 2.33. The van der Waals surface area contributed by atoms with E-state index in [4.69, 9.17) is 10.5 Å². The first-order valence-corrected chi connectivity index (χ1v) is 6.24. The van der Waals surface area contributed by atoms with Gasteiger partial charge < -0.3 is 15.8 Å². The third kappa shape index (κ3) is 4.87. The highest BCUT2D eigenvalue weighted by Gasteiger charge is 2.20. The molecule has 0 atom stereocenters. The first-order chi connectivity index (χ1) is 8.84. The lowest BCUT2D eigenvalue weighted by Gasteiger charge is -2.17. The summed E-state index contributed by atoms with van der Waals surface area (Å²) in [6.45, 7) is 3.80. The van der Waals surface area contributed by atoms with E-state index in [2.05, 4.69) is 5.32 Å². The van der Waals surface area contributed by atoms with Crippen molar-refractivity contribution >= 4 is 5.91 Å². The number of nitrogens with one attached hydrogen (secondary N) is 1. The Labute approximate surface area is 113 Å². The molecular formula is C14H21FN2O2. The fourth-order valence-corrected chi connectivity index (χ4v) is 1.65. The van der Waals surface area contributed by atoms with Crippen LogP contribution < -0.4 is 15.8 Å². The number of rotatable bonds is 6. The lowest BCUT2D eigenvalue weighted by molar-refractivity contribution is -0.125. The number of hydrogen-bond donors (Lipinski definition) is 2. The zero-order chi connectivity index (χ0) is 14.5. The molecule has 0 bridgehead atoms. The molecule has 0 heterocycles. The molecule has 3 N–H and O–H groups in total. The lowest BCUT2D eigenvalue weighted by Crippen LogP contribution is -2.49. The minimum Gasteiger partial charge on any atom is -0.496 e. The number of methoxy groups -OCH3 is 1. The Morgan fingerprint density at radius 3 is 2.74 bits per heavy atom. The SMILES string of the molecule is COc1ccc(F)cc1CCCNC(=O)C(C)(C)N. The quantitative estimate of drug-likeness (QED) is 0.771. The highest BCUT2D eigenvalue weighted by atomic mass is 19.1. The van der Waals surface area contributed by atoms with Crippen molar-refractivity contribution in [3.05, 3.63) is 29.6 Å². The number of aryl methyl sites for hydroxylation is 1. The van der Waals surface area contributed by atoms with E-state index in [-0.39, 0.29) is 11.7 Å². The molecule has 5 heteroatoms. The summed E-state index contributed by atoms with van der Waals surface area (Å²) < 4.78 is 18.3. The van der Waals surface area contributed by atoms with Gasteiger partial charge in [-0.3, -0.25) is 4.79 Å². The van der Waals surface area contributed by atoms with Gasteiger partial charge in [0.1, 0.15) is 11.6 Å². The summed E-state index contributed by atoms with van der Waals surface area (Å²) in [5.74, 6) is 0.175. The topological polar surface area (TPSA) is 64.3 Å². The Morgan fingerprint density at radius 1 is 1.47 bits per heavy atom. The van der Waals surface area contributed by atoms with Crippen molar-refractivity contribution in [3.63, 3.8) is 0 Å². The van der Waals surface area contributed by atoms with Crippen LogP contribution in [-0.2, 0) is 11.2 Å². The van der Waals surface area contributed by atoms with Crippen LogP contribution in [0.4, 0.5) is 4.39 Å². The largest absolute Gasteiger partial charge is 0.496 e. The van der Waals surface area contributed by atoms with Crippen LogP contribution in [-0.4, -0.2) is 25.1 Å². The zero-order valence-corrected chi connectivity index (χ0v) is 11.6. The Balaban J connectivity index is 2.46. The summed E-state index contributed by atoms with van der Waals surface area (Å²) in [6, 6.07) is 4.42. The van der Waals surface area contributed by atoms with Crippen LogP contribution in [0.15, 0.2) is 18.2 Å². The fraction of sp³-hybridized carbons (Fsp3) is 0.500. The van der Waals surface area contributed by atoms with Gasteiger partial charge in [-0.15, -0.1) is 0 Å². The third-order valence-corrected chi connectivity index (χ3v) is 2.74. The van der Waals surface area contributed by atoms with Gasteiger partial charge >= 0.3 is 0 Å². The Kier molecular flexibility index (Phi) is 5.30. The van der Waals surface area contributed by atoms with Crippen LogP contribution in [0.25, 0.3) is 0 Å². The van der Waals surface area contributed by atoms with Crippen LogP contribution in [0.2, 0.25) is 0 Å². The molecule has 0 saturated heterocycles. The molecule has 0 spiro atoms. The van der Waals surface area contributed by atoms with Crippen molar-refractivity contribution in [1.29, 1.82) is 0 Å². The summed E-state index contributed by atoms with van der Waals surface area (Å²) in [5.41, 5.74) is 5.57. The first kappa shape index (κ1) is 15.4. The normalized spacial score (nSPS) is 11.2. The molecule has 1 aromatic rings. The number of hydrogen-bond acceptors (Lipinski definition) is 3.